The minimum atomic E-state index is -0.114. The zero-order valence-corrected chi connectivity index (χ0v) is 14.5. The van der Waals surface area contributed by atoms with Crippen LogP contribution in [0.2, 0.25) is 0 Å². The van der Waals surface area contributed by atoms with Crippen LogP contribution in [0.4, 0.5) is 0 Å². The predicted molar refractivity (Wildman–Crippen MR) is 93.6 cm³/mol. The van der Waals surface area contributed by atoms with Crippen molar-refractivity contribution >= 4 is 30.7 Å². The van der Waals surface area contributed by atoms with Gasteiger partial charge in [-0.1, -0.05) is 30.3 Å². The molecule has 2 N–H and O–H groups in total. The number of halogens is 2. The van der Waals surface area contributed by atoms with Crippen LogP contribution in [0.25, 0.3) is 11.4 Å². The highest BCUT2D eigenvalue weighted by atomic mass is 35.5. The largest absolute Gasteiger partial charge is 0.333 e. The van der Waals surface area contributed by atoms with E-state index in [4.69, 9.17) is 5.73 Å². The zero-order chi connectivity index (χ0) is 14.8. The van der Waals surface area contributed by atoms with Crippen LogP contribution < -0.4 is 5.73 Å². The molecule has 8 heteroatoms. The first kappa shape index (κ1) is 19.4. The Morgan fingerprint density at radius 3 is 2.57 bits per heavy atom. The average Bonchev–Trinajstić information content (AvgIpc) is 2.90. The van der Waals surface area contributed by atoms with Crippen molar-refractivity contribution in [1.82, 2.24) is 19.7 Å². The number of aromatic nitrogens is 3. The van der Waals surface area contributed by atoms with Crippen molar-refractivity contribution in [1.29, 1.82) is 0 Å². The average molecular weight is 358 g/mol. The Kier molecular flexibility index (Phi) is 7.00. The van der Waals surface area contributed by atoms with Gasteiger partial charge in [0.1, 0.15) is 0 Å². The summed E-state index contributed by atoms with van der Waals surface area (Å²) in [6.07, 6.45) is 0.375. The van der Waals surface area contributed by atoms with E-state index in [1.165, 1.54) is 0 Å². The van der Waals surface area contributed by atoms with E-state index in [1.54, 1.807) is 0 Å². The summed E-state index contributed by atoms with van der Waals surface area (Å²) in [5.41, 5.74) is 6.74. The first-order valence-corrected chi connectivity index (χ1v) is 7.16. The number of rotatable bonds is 3. The summed E-state index contributed by atoms with van der Waals surface area (Å²) >= 11 is 0. The quantitative estimate of drug-likeness (QED) is 0.909. The summed E-state index contributed by atoms with van der Waals surface area (Å²) in [7, 11) is 0. The van der Waals surface area contributed by atoms with Crippen LogP contribution in [0.3, 0.4) is 0 Å². The van der Waals surface area contributed by atoms with E-state index in [9.17, 15) is 4.79 Å². The highest BCUT2D eigenvalue weighted by Gasteiger charge is 2.25. The monoisotopic (exact) mass is 357 g/mol. The molecule has 0 aliphatic carbocycles. The minimum Gasteiger partial charge on any atom is -0.333 e. The number of benzene rings is 1. The lowest BCUT2D eigenvalue weighted by Crippen LogP contribution is -2.40. The molecule has 0 saturated carbocycles. The van der Waals surface area contributed by atoms with Crippen molar-refractivity contribution in [3.05, 3.63) is 36.2 Å². The molecule has 6 nitrogen and oxygen atoms in total. The van der Waals surface area contributed by atoms with Gasteiger partial charge in [-0.3, -0.25) is 4.79 Å². The summed E-state index contributed by atoms with van der Waals surface area (Å²) < 4.78 is 2.09. The van der Waals surface area contributed by atoms with E-state index < -0.39 is 0 Å². The van der Waals surface area contributed by atoms with Crippen LogP contribution in [-0.2, 0) is 17.9 Å². The topological polar surface area (TPSA) is 77.0 Å². The number of hydrogen-bond acceptors (Lipinski definition) is 4. The van der Waals surface area contributed by atoms with E-state index in [-0.39, 0.29) is 36.8 Å². The second kappa shape index (κ2) is 8.29. The molecule has 0 fully saturated rings. The van der Waals surface area contributed by atoms with Gasteiger partial charge in [0.2, 0.25) is 5.91 Å². The van der Waals surface area contributed by atoms with Gasteiger partial charge < -0.3 is 15.2 Å². The number of amides is 1. The van der Waals surface area contributed by atoms with Gasteiger partial charge in [0.05, 0.1) is 6.54 Å². The Labute approximate surface area is 147 Å². The first-order valence-electron chi connectivity index (χ1n) is 7.16. The fraction of sp³-hybridized carbons (Fsp3) is 0.400. The molecule has 1 aliphatic rings. The smallest absolute Gasteiger partial charge is 0.224 e. The SMILES string of the molecule is CC(N)CC(=O)N1CCn2c(nnc2-c2ccccc2)C1.Cl.Cl. The third-order valence-corrected chi connectivity index (χ3v) is 3.63. The summed E-state index contributed by atoms with van der Waals surface area (Å²) in [4.78, 5) is 13.9. The number of nitrogens with zero attached hydrogens (tertiary/aromatic N) is 4. The summed E-state index contributed by atoms with van der Waals surface area (Å²) in [6, 6.07) is 9.87. The van der Waals surface area contributed by atoms with Gasteiger partial charge in [-0.2, -0.15) is 0 Å². The lowest BCUT2D eigenvalue weighted by molar-refractivity contribution is -0.133. The molecular weight excluding hydrogens is 337 g/mol. The lowest BCUT2D eigenvalue weighted by atomic mass is 10.2. The van der Waals surface area contributed by atoms with E-state index in [1.807, 2.05) is 42.2 Å². The standard InChI is InChI=1S/C15H19N5O.2ClH/c1-11(16)9-14(21)19-7-8-20-13(10-19)17-18-15(20)12-5-3-2-4-6-12;;/h2-6,11H,7-10,16H2,1H3;2*1H. The molecule has 0 spiro atoms. The Hall–Kier alpha value is -1.63. The van der Waals surface area contributed by atoms with Gasteiger partial charge in [0.25, 0.3) is 0 Å². The summed E-state index contributed by atoms with van der Waals surface area (Å²) in [5, 5.41) is 8.51. The molecule has 23 heavy (non-hydrogen) atoms. The molecule has 2 aromatic rings. The molecule has 2 heterocycles. The maximum absolute atomic E-state index is 12.1. The maximum atomic E-state index is 12.1. The van der Waals surface area contributed by atoms with Gasteiger partial charge in [-0.15, -0.1) is 35.0 Å². The van der Waals surface area contributed by atoms with E-state index in [0.29, 0.717) is 19.5 Å². The Balaban J connectivity index is 0.00000132. The van der Waals surface area contributed by atoms with Gasteiger partial charge in [0, 0.05) is 31.1 Å². The molecule has 0 saturated heterocycles. The Morgan fingerprint density at radius 2 is 1.91 bits per heavy atom. The lowest BCUT2D eigenvalue weighted by Gasteiger charge is -2.28. The maximum Gasteiger partial charge on any atom is 0.224 e. The van der Waals surface area contributed by atoms with Crippen molar-refractivity contribution in [3.63, 3.8) is 0 Å². The predicted octanol–water partition coefficient (Wildman–Crippen LogP) is 1.87. The minimum absolute atomic E-state index is 0. The normalized spacial score (nSPS) is 14.3. The molecular formula is C15H21Cl2N5O. The van der Waals surface area contributed by atoms with Gasteiger partial charge >= 0.3 is 0 Å². The van der Waals surface area contributed by atoms with E-state index >= 15 is 0 Å². The number of fused-ring (bicyclic) bond motifs is 1. The van der Waals surface area contributed by atoms with Crippen molar-refractivity contribution in [3.8, 4) is 11.4 Å². The fourth-order valence-corrected chi connectivity index (χ4v) is 2.58. The molecule has 1 aromatic carbocycles. The Morgan fingerprint density at radius 1 is 1.22 bits per heavy atom. The second-order valence-corrected chi connectivity index (χ2v) is 5.45. The molecule has 1 atom stereocenters. The van der Waals surface area contributed by atoms with Crippen LogP contribution >= 0.6 is 24.8 Å². The summed E-state index contributed by atoms with van der Waals surface area (Å²) in [5.74, 6) is 1.78. The molecule has 126 valence electrons. The van der Waals surface area contributed by atoms with Crippen LogP contribution in [0, 0.1) is 0 Å². The third-order valence-electron chi connectivity index (χ3n) is 3.63. The van der Waals surface area contributed by atoms with Crippen LogP contribution in [-0.4, -0.2) is 38.2 Å². The van der Waals surface area contributed by atoms with E-state index in [2.05, 4.69) is 14.8 Å². The highest BCUT2D eigenvalue weighted by Crippen LogP contribution is 2.21. The highest BCUT2D eigenvalue weighted by molar-refractivity contribution is 5.85. The molecule has 1 aromatic heterocycles. The fourth-order valence-electron chi connectivity index (χ4n) is 2.58. The second-order valence-electron chi connectivity index (χ2n) is 5.45. The van der Waals surface area contributed by atoms with E-state index in [0.717, 1.165) is 23.8 Å². The third kappa shape index (κ3) is 4.22. The first-order chi connectivity index (χ1) is 10.1. The van der Waals surface area contributed by atoms with Crippen LogP contribution in [0.15, 0.2) is 30.3 Å². The van der Waals surface area contributed by atoms with Gasteiger partial charge in [-0.25, -0.2) is 0 Å². The number of nitrogens with two attached hydrogens (primary N) is 1. The zero-order valence-electron chi connectivity index (χ0n) is 12.9. The molecule has 0 radical (unpaired) electrons. The number of carbonyl (C=O) groups excluding carboxylic acids is 1. The van der Waals surface area contributed by atoms with Crippen molar-refractivity contribution in [2.45, 2.75) is 32.5 Å². The Bertz CT molecular complexity index is 645. The van der Waals surface area contributed by atoms with Crippen LogP contribution in [0.5, 0.6) is 0 Å². The number of carbonyl (C=O) groups is 1. The molecule has 3 rings (SSSR count). The van der Waals surface area contributed by atoms with Gasteiger partial charge in [-0.05, 0) is 6.92 Å². The molecule has 1 aliphatic heterocycles. The van der Waals surface area contributed by atoms with Crippen molar-refractivity contribution < 1.29 is 4.79 Å². The molecule has 1 unspecified atom stereocenters. The van der Waals surface area contributed by atoms with Crippen molar-refractivity contribution in [2.75, 3.05) is 6.54 Å². The summed E-state index contributed by atoms with van der Waals surface area (Å²) in [6.45, 7) is 3.75. The number of hydrogen-bond donors (Lipinski definition) is 1. The molecule has 0 bridgehead atoms. The van der Waals surface area contributed by atoms with Gasteiger partial charge in [0.15, 0.2) is 11.6 Å². The van der Waals surface area contributed by atoms with Crippen LogP contribution in [0.1, 0.15) is 19.2 Å². The van der Waals surface area contributed by atoms with Crippen molar-refractivity contribution in [2.24, 2.45) is 5.73 Å². The molecule has 1 amide bonds.